The van der Waals surface area contributed by atoms with E-state index in [4.69, 9.17) is 102 Å². The zero-order valence-corrected chi connectivity index (χ0v) is 48.8. The van der Waals surface area contributed by atoms with Gasteiger partial charge in [0.15, 0.2) is 11.6 Å². The van der Waals surface area contributed by atoms with Crippen molar-refractivity contribution in [1.29, 1.82) is 0 Å². The molecule has 22 nitrogen and oxygen atoms in total. The van der Waals surface area contributed by atoms with Crippen LogP contribution in [0.5, 0.6) is 0 Å². The molecular weight excluding hydrogens is 1170 g/mol. The summed E-state index contributed by atoms with van der Waals surface area (Å²) in [5.41, 5.74) is 5.12. The molecule has 26 heteroatoms. The smallest absolute Gasteiger partial charge is 0.414 e. The molecule has 84 heavy (non-hydrogen) atoms. The van der Waals surface area contributed by atoms with Crippen LogP contribution in [0.3, 0.4) is 0 Å². The average molecular weight is 1240 g/mol. The third kappa shape index (κ3) is 22.4. The van der Waals surface area contributed by atoms with E-state index in [1.54, 1.807) is 12.4 Å². The van der Waals surface area contributed by atoms with Crippen molar-refractivity contribution in [3.63, 3.8) is 0 Å². The number of hydrogen-bond donors (Lipinski definition) is 6. The van der Waals surface area contributed by atoms with Gasteiger partial charge in [-0.3, -0.25) is 0 Å². The molecule has 4 atom stereocenters. The maximum absolute atomic E-state index is 9.10. The Labute approximate surface area is 503 Å². The number of hydrogen-bond acceptors (Lipinski definition) is 16. The molecule has 0 aliphatic carbocycles. The molecule has 450 valence electrons. The number of halogens is 2. The van der Waals surface area contributed by atoms with E-state index in [1.807, 2.05) is 82.0 Å². The van der Waals surface area contributed by atoms with Crippen molar-refractivity contribution in [3.05, 3.63) is 156 Å². The topological polar surface area (TPSA) is 303 Å². The number of carboxylic acid groups (broad SMARTS) is 6. The summed E-state index contributed by atoms with van der Waals surface area (Å²) >= 11 is 15.8. The first kappa shape index (κ1) is 66.0. The fourth-order valence-electron chi connectivity index (χ4n) is 9.11. The van der Waals surface area contributed by atoms with Crippen LogP contribution in [-0.2, 0) is 73.6 Å². The van der Waals surface area contributed by atoms with E-state index in [0.29, 0.717) is 26.3 Å². The second kappa shape index (κ2) is 33.4. The highest BCUT2D eigenvalue weighted by Gasteiger charge is 2.43. The highest BCUT2D eigenvalue weighted by Crippen LogP contribution is 2.36. The average Bonchev–Trinajstić information content (AvgIpc) is 4.55. The number of aryl methyl sites for hydroxylation is 2. The van der Waals surface area contributed by atoms with Gasteiger partial charge >= 0.3 is 35.8 Å². The van der Waals surface area contributed by atoms with Crippen LogP contribution in [0.4, 0.5) is 11.4 Å². The summed E-state index contributed by atoms with van der Waals surface area (Å²) < 4.78 is 29.9. The summed E-state index contributed by atoms with van der Waals surface area (Å²) in [7, 11) is 0. The lowest BCUT2D eigenvalue weighted by Crippen LogP contribution is -2.37. The molecule has 4 saturated heterocycles. The predicted molar refractivity (Wildman–Crippen MR) is 314 cm³/mol. The number of ether oxygens (including phenoxy) is 4. The zero-order chi connectivity index (χ0) is 60.5. The van der Waals surface area contributed by atoms with Gasteiger partial charge in [0.25, 0.3) is 0 Å². The number of thioether (sulfide) groups is 2. The summed E-state index contributed by atoms with van der Waals surface area (Å²) in [4.78, 5) is 70.4. The van der Waals surface area contributed by atoms with Crippen molar-refractivity contribution in [2.75, 3.05) is 60.7 Å². The Morgan fingerprint density at radius 3 is 1.10 bits per heavy atom. The van der Waals surface area contributed by atoms with E-state index < -0.39 is 47.4 Å². The van der Waals surface area contributed by atoms with Crippen LogP contribution in [0, 0.1) is 0 Å². The highest BCUT2D eigenvalue weighted by atomic mass is 35.5. The molecule has 6 heterocycles. The fraction of sp³-hybridized carbons (Fsp3) is 0.379. The summed E-state index contributed by atoms with van der Waals surface area (Å²) in [5.74, 6) is -10.5. The molecule has 4 aromatic carbocycles. The molecule has 4 aliphatic heterocycles. The van der Waals surface area contributed by atoms with Gasteiger partial charge in [-0.05, 0) is 122 Å². The molecule has 6 aromatic rings. The Kier molecular flexibility index (Phi) is 26.2. The van der Waals surface area contributed by atoms with Crippen molar-refractivity contribution in [1.82, 2.24) is 19.1 Å². The van der Waals surface area contributed by atoms with Gasteiger partial charge in [0, 0.05) is 107 Å². The number of nitrogens with zero attached hydrogens (tertiary/aromatic N) is 6. The maximum Gasteiger partial charge on any atom is 0.414 e. The molecule has 10 rings (SSSR count). The maximum atomic E-state index is 9.10. The van der Waals surface area contributed by atoms with E-state index in [1.165, 1.54) is 84.2 Å². The van der Waals surface area contributed by atoms with Gasteiger partial charge in [-0.15, -0.1) is 23.5 Å². The number of aromatic nitrogens is 4. The Hall–Kier alpha value is -7.16. The quantitative estimate of drug-likeness (QED) is 0.0346. The number of imidazole rings is 2. The molecule has 0 spiro atoms. The first-order valence-corrected chi connectivity index (χ1v) is 29.4. The lowest BCUT2D eigenvalue weighted by molar-refractivity contribution is -0.180. The molecule has 4 aliphatic rings. The van der Waals surface area contributed by atoms with Crippen LogP contribution in [0.25, 0.3) is 0 Å². The van der Waals surface area contributed by atoms with E-state index in [9.17, 15) is 0 Å². The van der Waals surface area contributed by atoms with Crippen LogP contribution in [0.1, 0.15) is 49.7 Å². The van der Waals surface area contributed by atoms with Crippen molar-refractivity contribution >= 4 is 93.9 Å². The van der Waals surface area contributed by atoms with Crippen molar-refractivity contribution in [2.24, 2.45) is 0 Å². The number of anilines is 2. The Bertz CT molecular complexity index is 2750. The van der Waals surface area contributed by atoms with Gasteiger partial charge in [-0.2, -0.15) is 0 Å². The van der Waals surface area contributed by atoms with Crippen molar-refractivity contribution in [2.45, 2.75) is 98.0 Å². The van der Waals surface area contributed by atoms with Crippen LogP contribution < -0.4 is 9.80 Å². The predicted octanol–water partition coefficient (Wildman–Crippen LogP) is 8.81. The van der Waals surface area contributed by atoms with Gasteiger partial charge in [0.1, 0.15) is 0 Å². The highest BCUT2D eigenvalue weighted by molar-refractivity contribution is 7.99. The zero-order valence-electron chi connectivity index (χ0n) is 45.6. The fourth-order valence-corrected chi connectivity index (χ4v) is 11.1. The van der Waals surface area contributed by atoms with E-state index in [-0.39, 0.29) is 12.2 Å². The van der Waals surface area contributed by atoms with E-state index >= 15 is 0 Å². The standard InChI is InChI=1S/2C26H30ClN3O2S.3C2H2O4/c2*27-22-5-3-21(4-6-22)11-12-26(19-29-16-13-28-20-29)31-17-24(32-26)18-33-25-9-7-23(8-10-25)30-14-1-2-15-30;3*3-1(4)2(5)6/h2*3-10,13,16,20,24H,1-2,11-12,14-15,17-19H2;3*(H,3,4)(H,5,6). The molecule has 4 unspecified atom stereocenters. The molecule has 0 radical (unpaired) electrons. The number of carbonyl (C=O) groups is 6. The normalized spacial score (nSPS) is 19.5. The second-order valence-electron chi connectivity index (χ2n) is 19.5. The molecule has 0 bridgehead atoms. The number of benzene rings is 4. The van der Waals surface area contributed by atoms with Gasteiger partial charge < -0.3 is 68.5 Å². The van der Waals surface area contributed by atoms with Crippen molar-refractivity contribution in [3.8, 4) is 0 Å². The second-order valence-corrected chi connectivity index (χ2v) is 22.5. The number of aliphatic carboxylic acids is 6. The monoisotopic (exact) mass is 1240 g/mol. The Balaban J connectivity index is 0.000000209. The molecule has 4 fully saturated rings. The number of rotatable bonds is 18. The Morgan fingerprint density at radius 1 is 0.488 bits per heavy atom. The lowest BCUT2D eigenvalue weighted by atomic mass is 10.0. The van der Waals surface area contributed by atoms with Gasteiger partial charge in [0.2, 0.25) is 0 Å². The summed E-state index contributed by atoms with van der Waals surface area (Å²) in [6.45, 7) is 7.17. The molecule has 0 saturated carbocycles. The number of carboxylic acids is 6. The third-order valence-corrected chi connectivity index (χ3v) is 16.0. The molecule has 0 amide bonds. The van der Waals surface area contributed by atoms with Crippen molar-refractivity contribution < 1.29 is 78.4 Å². The van der Waals surface area contributed by atoms with Gasteiger partial charge in [-0.25, -0.2) is 38.7 Å². The minimum absolute atomic E-state index is 0.0574. The third-order valence-electron chi connectivity index (χ3n) is 13.2. The van der Waals surface area contributed by atoms with Crippen LogP contribution >= 0.6 is 46.7 Å². The lowest BCUT2D eigenvalue weighted by Gasteiger charge is -2.28. The first-order chi connectivity index (χ1) is 40.3. The largest absolute Gasteiger partial charge is 0.473 e. The molecular formula is C58H66Cl2N6O16S2. The minimum Gasteiger partial charge on any atom is -0.473 e. The van der Waals surface area contributed by atoms with Gasteiger partial charge in [0.05, 0.1) is 51.2 Å². The summed E-state index contributed by atoms with van der Waals surface area (Å²) in [5, 5.41) is 45.9. The van der Waals surface area contributed by atoms with Gasteiger partial charge in [-0.1, -0.05) is 47.5 Å². The summed E-state index contributed by atoms with van der Waals surface area (Å²) in [6, 6.07) is 33.9. The van der Waals surface area contributed by atoms with E-state index in [2.05, 4.69) is 92.6 Å². The first-order valence-electron chi connectivity index (χ1n) is 26.7. The molecule has 2 aromatic heterocycles. The summed E-state index contributed by atoms with van der Waals surface area (Å²) in [6.07, 6.45) is 19.7. The van der Waals surface area contributed by atoms with Crippen LogP contribution in [0.15, 0.2) is 144 Å². The Morgan fingerprint density at radius 2 is 0.810 bits per heavy atom. The molecule has 6 N–H and O–H groups in total. The van der Waals surface area contributed by atoms with Crippen LogP contribution in [0.2, 0.25) is 10.0 Å². The SMILES string of the molecule is Clc1ccc(CCC2(Cn3ccnc3)OCC(CSc3ccc(N4CCCC4)cc3)O2)cc1.Clc1ccc(CCC2(Cn3ccnc3)OCC(CSc3ccc(N4CCCC4)cc3)O2)cc1.O=C(O)C(=O)O.O=C(O)C(=O)O.O=C(O)C(=O)O. The van der Waals surface area contributed by atoms with E-state index in [0.717, 1.165) is 47.2 Å². The minimum atomic E-state index is -1.82. The van der Waals surface area contributed by atoms with Crippen LogP contribution in [-0.4, -0.2) is 160 Å².